The van der Waals surface area contributed by atoms with Crippen LogP contribution in [0.2, 0.25) is 0 Å². The maximum atomic E-state index is 3.62. The van der Waals surface area contributed by atoms with Crippen LogP contribution < -0.4 is 5.32 Å². The highest BCUT2D eigenvalue weighted by atomic mass is 79.9. The van der Waals surface area contributed by atoms with E-state index in [1.807, 2.05) is 0 Å². The van der Waals surface area contributed by atoms with Gasteiger partial charge in [0.05, 0.1) is 0 Å². The molecule has 0 radical (unpaired) electrons. The maximum Gasteiger partial charge on any atom is 0.0320 e. The second kappa shape index (κ2) is 7.74. The molecular weight excluding hydrogens is 446 g/mol. The van der Waals surface area contributed by atoms with Gasteiger partial charge in [-0.15, -0.1) is 0 Å². The lowest BCUT2D eigenvalue weighted by atomic mass is 10.0. The van der Waals surface area contributed by atoms with E-state index in [9.17, 15) is 0 Å². The van der Waals surface area contributed by atoms with Gasteiger partial charge in [0.25, 0.3) is 0 Å². The molecule has 2 aromatic carbocycles. The lowest BCUT2D eigenvalue weighted by Crippen LogP contribution is -2.20. The normalized spacial score (nSPS) is 12.4. The van der Waals surface area contributed by atoms with Crippen molar-refractivity contribution in [3.63, 3.8) is 0 Å². The van der Waals surface area contributed by atoms with Crippen LogP contribution in [-0.2, 0) is 6.54 Å². The van der Waals surface area contributed by atoms with Gasteiger partial charge in [-0.25, -0.2) is 0 Å². The minimum absolute atomic E-state index is 0.380. The summed E-state index contributed by atoms with van der Waals surface area (Å²) in [4.78, 5) is 0. The minimum Gasteiger partial charge on any atom is -0.306 e. The molecule has 0 amide bonds. The molecule has 0 aliphatic rings. The van der Waals surface area contributed by atoms with E-state index in [-0.39, 0.29) is 0 Å². The van der Waals surface area contributed by atoms with Gasteiger partial charge in [0.2, 0.25) is 0 Å². The number of nitrogens with one attached hydrogen (secondary N) is 1. The van der Waals surface area contributed by atoms with Gasteiger partial charge >= 0.3 is 0 Å². The Hall–Kier alpha value is -0.160. The van der Waals surface area contributed by atoms with Crippen LogP contribution in [0.15, 0.2) is 55.9 Å². The molecule has 0 aliphatic carbocycles. The molecule has 0 saturated heterocycles. The molecule has 0 saturated carbocycles. The molecule has 0 aromatic heterocycles. The highest BCUT2D eigenvalue weighted by Gasteiger charge is 2.08. The Balaban J connectivity index is 2.03. The van der Waals surface area contributed by atoms with E-state index < -0.39 is 0 Å². The summed E-state index contributed by atoms with van der Waals surface area (Å²) in [6, 6.07) is 15.3. The third-order valence-electron chi connectivity index (χ3n) is 3.22. The van der Waals surface area contributed by atoms with E-state index in [2.05, 4.69) is 102 Å². The molecule has 1 nitrogen and oxygen atoms in total. The Bertz CT molecular complexity index is 566. The molecule has 2 aromatic rings. The topological polar surface area (TPSA) is 12.0 Å². The Morgan fingerprint density at radius 1 is 0.950 bits per heavy atom. The van der Waals surface area contributed by atoms with Crippen molar-refractivity contribution in [2.75, 3.05) is 0 Å². The van der Waals surface area contributed by atoms with Gasteiger partial charge in [-0.1, -0.05) is 41.1 Å². The van der Waals surface area contributed by atoms with E-state index in [4.69, 9.17) is 0 Å². The summed E-state index contributed by atoms with van der Waals surface area (Å²) >= 11 is 10.5. The van der Waals surface area contributed by atoms with E-state index in [1.54, 1.807) is 0 Å². The highest BCUT2D eigenvalue weighted by Crippen LogP contribution is 2.25. The van der Waals surface area contributed by atoms with Gasteiger partial charge in [-0.2, -0.15) is 0 Å². The van der Waals surface area contributed by atoms with Gasteiger partial charge in [0.1, 0.15) is 0 Å². The van der Waals surface area contributed by atoms with Crippen molar-refractivity contribution in [3.05, 3.63) is 67.0 Å². The molecular formula is C16H16Br3N. The Labute approximate surface area is 145 Å². The van der Waals surface area contributed by atoms with Crippen LogP contribution in [0.5, 0.6) is 0 Å². The van der Waals surface area contributed by atoms with Gasteiger partial charge < -0.3 is 5.32 Å². The summed E-state index contributed by atoms with van der Waals surface area (Å²) < 4.78 is 3.29. The Morgan fingerprint density at radius 3 is 2.25 bits per heavy atom. The first-order valence-corrected chi connectivity index (χ1v) is 8.91. The summed E-state index contributed by atoms with van der Waals surface area (Å²) in [5, 5.41) is 3.62. The standard InChI is InChI=1S/C16H16Br3N/c1-2-16(12-4-6-13(17)7-5-12)20-10-11-3-8-14(18)15(19)9-11/h3-9,16,20H,2,10H2,1H3. The van der Waals surface area contributed by atoms with Gasteiger partial charge in [-0.3, -0.25) is 0 Å². The van der Waals surface area contributed by atoms with Crippen LogP contribution >= 0.6 is 47.8 Å². The minimum atomic E-state index is 0.380. The predicted octanol–water partition coefficient (Wildman–Crippen LogP) is 6.22. The zero-order valence-corrected chi connectivity index (χ0v) is 15.9. The number of hydrogen-bond donors (Lipinski definition) is 1. The van der Waals surface area contributed by atoms with E-state index in [0.29, 0.717) is 6.04 Å². The fraction of sp³-hybridized carbons (Fsp3) is 0.250. The van der Waals surface area contributed by atoms with Gasteiger partial charge in [0.15, 0.2) is 0 Å². The molecule has 106 valence electrons. The molecule has 1 unspecified atom stereocenters. The van der Waals surface area contributed by atoms with E-state index in [0.717, 1.165) is 26.4 Å². The first kappa shape index (κ1) is 16.2. The fourth-order valence-corrected chi connectivity index (χ4v) is 3.02. The molecule has 2 rings (SSSR count). The van der Waals surface area contributed by atoms with Crippen molar-refractivity contribution in [1.29, 1.82) is 0 Å². The van der Waals surface area contributed by atoms with Crippen molar-refractivity contribution >= 4 is 47.8 Å². The highest BCUT2D eigenvalue weighted by molar-refractivity contribution is 9.13. The zero-order chi connectivity index (χ0) is 14.5. The average Bonchev–Trinajstić information content (AvgIpc) is 2.45. The summed E-state index contributed by atoms with van der Waals surface area (Å²) in [6.07, 6.45) is 1.07. The lowest BCUT2D eigenvalue weighted by Gasteiger charge is -2.18. The molecule has 4 heteroatoms. The summed E-state index contributed by atoms with van der Waals surface area (Å²) in [5.74, 6) is 0. The van der Waals surface area contributed by atoms with E-state index >= 15 is 0 Å². The molecule has 1 N–H and O–H groups in total. The second-order valence-corrected chi connectivity index (χ2v) is 7.27. The van der Waals surface area contributed by atoms with Crippen LogP contribution in [0.1, 0.15) is 30.5 Å². The third-order valence-corrected chi connectivity index (χ3v) is 5.63. The Kier molecular flexibility index (Phi) is 6.27. The van der Waals surface area contributed by atoms with Crippen molar-refractivity contribution in [2.24, 2.45) is 0 Å². The molecule has 0 fully saturated rings. The fourth-order valence-electron chi connectivity index (χ4n) is 2.08. The summed E-state index contributed by atoms with van der Waals surface area (Å²) in [5.41, 5.74) is 2.60. The van der Waals surface area contributed by atoms with Crippen LogP contribution in [0.3, 0.4) is 0 Å². The molecule has 0 aliphatic heterocycles. The maximum absolute atomic E-state index is 3.62. The third kappa shape index (κ3) is 4.42. The molecule has 20 heavy (non-hydrogen) atoms. The van der Waals surface area contributed by atoms with Gasteiger partial charge in [-0.05, 0) is 73.7 Å². The SMILES string of the molecule is CCC(NCc1ccc(Br)c(Br)c1)c1ccc(Br)cc1. The predicted molar refractivity (Wildman–Crippen MR) is 95.9 cm³/mol. The first-order chi connectivity index (χ1) is 9.60. The average molecular weight is 462 g/mol. The number of rotatable bonds is 5. The number of hydrogen-bond acceptors (Lipinski definition) is 1. The molecule has 1 atom stereocenters. The second-order valence-electron chi connectivity index (χ2n) is 4.64. The van der Waals surface area contributed by atoms with Crippen LogP contribution in [-0.4, -0.2) is 0 Å². The van der Waals surface area contributed by atoms with Crippen LogP contribution in [0, 0.1) is 0 Å². The molecule has 0 bridgehead atoms. The van der Waals surface area contributed by atoms with Crippen LogP contribution in [0.25, 0.3) is 0 Å². The smallest absolute Gasteiger partial charge is 0.0320 e. The van der Waals surface area contributed by atoms with Gasteiger partial charge in [0, 0.05) is 26.0 Å². The number of halogens is 3. The van der Waals surface area contributed by atoms with Crippen LogP contribution in [0.4, 0.5) is 0 Å². The molecule has 0 spiro atoms. The summed E-state index contributed by atoms with van der Waals surface area (Å²) in [6.45, 7) is 3.07. The number of benzene rings is 2. The van der Waals surface area contributed by atoms with Crippen molar-refractivity contribution in [1.82, 2.24) is 5.32 Å². The van der Waals surface area contributed by atoms with Crippen molar-refractivity contribution < 1.29 is 0 Å². The van der Waals surface area contributed by atoms with Crippen molar-refractivity contribution in [2.45, 2.75) is 25.9 Å². The van der Waals surface area contributed by atoms with E-state index in [1.165, 1.54) is 11.1 Å². The molecule has 0 heterocycles. The largest absolute Gasteiger partial charge is 0.306 e. The van der Waals surface area contributed by atoms with Crippen molar-refractivity contribution in [3.8, 4) is 0 Å². The summed E-state index contributed by atoms with van der Waals surface area (Å²) in [7, 11) is 0. The monoisotopic (exact) mass is 459 g/mol. The Morgan fingerprint density at radius 2 is 1.65 bits per heavy atom. The quantitative estimate of drug-likeness (QED) is 0.557. The zero-order valence-electron chi connectivity index (χ0n) is 11.2. The first-order valence-electron chi connectivity index (χ1n) is 6.53. The lowest BCUT2D eigenvalue weighted by molar-refractivity contribution is 0.519.